The van der Waals surface area contributed by atoms with E-state index in [4.69, 9.17) is 10.5 Å². The predicted molar refractivity (Wildman–Crippen MR) is 74.2 cm³/mol. The zero-order chi connectivity index (χ0) is 12.5. The maximum atomic E-state index is 6.06. The van der Waals surface area contributed by atoms with Crippen molar-refractivity contribution < 1.29 is 4.74 Å². The Balaban J connectivity index is 1.96. The summed E-state index contributed by atoms with van der Waals surface area (Å²) in [7, 11) is 1.67. The van der Waals surface area contributed by atoms with Gasteiger partial charge in [0.2, 0.25) is 5.95 Å². The summed E-state index contributed by atoms with van der Waals surface area (Å²) in [5.74, 6) is 1.19. The van der Waals surface area contributed by atoms with Crippen LogP contribution in [-0.2, 0) is 17.6 Å². The van der Waals surface area contributed by atoms with E-state index in [1.807, 2.05) is 0 Å². The van der Waals surface area contributed by atoms with Gasteiger partial charge in [-0.1, -0.05) is 0 Å². The minimum absolute atomic E-state index is 0.594. The van der Waals surface area contributed by atoms with Gasteiger partial charge in [-0.3, -0.25) is 0 Å². The van der Waals surface area contributed by atoms with Crippen molar-refractivity contribution in [2.24, 2.45) is 0 Å². The second kappa shape index (κ2) is 4.70. The van der Waals surface area contributed by atoms with Gasteiger partial charge in [-0.2, -0.15) is 4.98 Å². The van der Waals surface area contributed by atoms with Gasteiger partial charge in [0.25, 0.3) is 0 Å². The van der Waals surface area contributed by atoms with E-state index < -0.39 is 0 Å². The highest BCUT2D eigenvalue weighted by Crippen LogP contribution is 2.38. The van der Waals surface area contributed by atoms with Gasteiger partial charge in [0, 0.05) is 18.5 Å². The number of thiophene rings is 1. The first-order valence-electron chi connectivity index (χ1n) is 6.10. The highest BCUT2D eigenvalue weighted by molar-refractivity contribution is 7.19. The number of nitrogens with one attached hydrogen (secondary N) is 1. The molecule has 0 aliphatic heterocycles. The lowest BCUT2D eigenvalue weighted by atomic mass is 10.2. The molecule has 96 valence electrons. The SMILES string of the molecule is COCCNc1nc(N)c2c3c(sc2n1)CCC3. The van der Waals surface area contributed by atoms with Crippen LogP contribution in [0.25, 0.3) is 10.2 Å². The Bertz CT molecular complexity index is 581. The average Bonchev–Trinajstić information content (AvgIpc) is 2.88. The van der Waals surface area contributed by atoms with Gasteiger partial charge < -0.3 is 15.8 Å². The third kappa shape index (κ3) is 1.91. The van der Waals surface area contributed by atoms with Crippen molar-refractivity contribution in [2.75, 3.05) is 31.3 Å². The average molecular weight is 264 g/mol. The van der Waals surface area contributed by atoms with Gasteiger partial charge in [-0.15, -0.1) is 11.3 Å². The molecule has 0 unspecified atom stereocenters. The number of hydrogen-bond acceptors (Lipinski definition) is 6. The highest BCUT2D eigenvalue weighted by atomic mass is 32.1. The molecule has 0 radical (unpaired) electrons. The molecule has 0 spiro atoms. The van der Waals surface area contributed by atoms with E-state index in [2.05, 4.69) is 15.3 Å². The van der Waals surface area contributed by atoms with Crippen molar-refractivity contribution in [3.8, 4) is 0 Å². The fraction of sp³-hybridized carbons (Fsp3) is 0.500. The highest BCUT2D eigenvalue weighted by Gasteiger charge is 2.21. The molecular formula is C12H16N4OS. The molecule has 6 heteroatoms. The number of hydrogen-bond donors (Lipinski definition) is 2. The van der Waals surface area contributed by atoms with Crippen molar-refractivity contribution in [2.45, 2.75) is 19.3 Å². The summed E-state index contributed by atoms with van der Waals surface area (Å²) >= 11 is 1.75. The molecule has 1 aliphatic carbocycles. The number of nitrogens with zero attached hydrogens (tertiary/aromatic N) is 2. The number of aromatic nitrogens is 2. The molecule has 3 rings (SSSR count). The minimum Gasteiger partial charge on any atom is -0.383 e. The molecule has 0 amide bonds. The molecule has 2 aromatic heterocycles. The second-order valence-electron chi connectivity index (χ2n) is 4.39. The van der Waals surface area contributed by atoms with E-state index in [9.17, 15) is 0 Å². The summed E-state index contributed by atoms with van der Waals surface area (Å²) in [5, 5.41) is 4.20. The monoisotopic (exact) mass is 264 g/mol. The lowest BCUT2D eigenvalue weighted by molar-refractivity contribution is 0.210. The summed E-state index contributed by atoms with van der Waals surface area (Å²) in [6.07, 6.45) is 3.49. The van der Waals surface area contributed by atoms with Crippen molar-refractivity contribution in [1.82, 2.24) is 9.97 Å². The van der Waals surface area contributed by atoms with E-state index in [0.29, 0.717) is 24.9 Å². The number of fused-ring (bicyclic) bond motifs is 3. The number of anilines is 2. The molecule has 2 aromatic rings. The molecule has 0 aromatic carbocycles. The first-order chi connectivity index (χ1) is 8.79. The van der Waals surface area contributed by atoms with Gasteiger partial charge in [0.05, 0.1) is 12.0 Å². The van der Waals surface area contributed by atoms with Gasteiger partial charge in [0.15, 0.2) is 0 Å². The van der Waals surface area contributed by atoms with Crippen LogP contribution in [0.2, 0.25) is 0 Å². The number of ether oxygens (including phenoxy) is 1. The lowest BCUT2D eigenvalue weighted by Crippen LogP contribution is -2.11. The minimum atomic E-state index is 0.594. The van der Waals surface area contributed by atoms with Crippen LogP contribution in [0.5, 0.6) is 0 Å². The third-order valence-corrected chi connectivity index (χ3v) is 4.37. The van der Waals surface area contributed by atoms with Crippen LogP contribution in [0.1, 0.15) is 16.9 Å². The number of aryl methyl sites for hydroxylation is 2. The van der Waals surface area contributed by atoms with Crippen LogP contribution in [-0.4, -0.2) is 30.2 Å². The zero-order valence-corrected chi connectivity index (χ0v) is 11.1. The topological polar surface area (TPSA) is 73.1 Å². The number of methoxy groups -OCH3 is 1. The van der Waals surface area contributed by atoms with Crippen molar-refractivity contribution >= 4 is 33.3 Å². The first-order valence-corrected chi connectivity index (χ1v) is 6.92. The maximum Gasteiger partial charge on any atom is 0.226 e. The molecule has 0 fully saturated rings. The number of rotatable bonds is 4. The van der Waals surface area contributed by atoms with Crippen LogP contribution in [0.15, 0.2) is 0 Å². The molecule has 3 N–H and O–H groups in total. The summed E-state index contributed by atoms with van der Waals surface area (Å²) in [6.45, 7) is 1.31. The van der Waals surface area contributed by atoms with E-state index in [1.165, 1.54) is 16.9 Å². The molecule has 18 heavy (non-hydrogen) atoms. The van der Waals surface area contributed by atoms with Crippen molar-refractivity contribution in [1.29, 1.82) is 0 Å². The van der Waals surface area contributed by atoms with Gasteiger partial charge in [-0.05, 0) is 24.8 Å². The van der Waals surface area contributed by atoms with Crippen LogP contribution in [0, 0.1) is 0 Å². The quantitative estimate of drug-likeness (QED) is 0.824. The van der Waals surface area contributed by atoms with Crippen molar-refractivity contribution in [3.63, 3.8) is 0 Å². The molecule has 1 aliphatic rings. The normalized spacial score (nSPS) is 14.1. The molecular weight excluding hydrogens is 248 g/mol. The Hall–Kier alpha value is -1.40. The standard InChI is InChI=1S/C12H16N4OS/c1-17-6-5-14-12-15-10(13)9-7-3-2-4-8(7)18-11(9)16-12/h2-6H2,1H3,(H3,13,14,15,16). The molecule has 5 nitrogen and oxygen atoms in total. The summed E-state index contributed by atoms with van der Waals surface area (Å²) in [6, 6.07) is 0. The summed E-state index contributed by atoms with van der Waals surface area (Å²) in [4.78, 5) is 11.3. The summed E-state index contributed by atoms with van der Waals surface area (Å²) in [5.41, 5.74) is 7.43. The molecule has 2 heterocycles. The Morgan fingerprint density at radius 2 is 2.28 bits per heavy atom. The van der Waals surface area contributed by atoms with E-state index in [1.54, 1.807) is 18.4 Å². The summed E-state index contributed by atoms with van der Waals surface area (Å²) < 4.78 is 4.98. The van der Waals surface area contributed by atoms with Crippen LogP contribution in [0.4, 0.5) is 11.8 Å². The fourth-order valence-electron chi connectivity index (χ4n) is 2.37. The zero-order valence-electron chi connectivity index (χ0n) is 10.3. The smallest absolute Gasteiger partial charge is 0.226 e. The maximum absolute atomic E-state index is 6.06. The van der Waals surface area contributed by atoms with Crippen LogP contribution < -0.4 is 11.1 Å². The van der Waals surface area contributed by atoms with Crippen LogP contribution >= 0.6 is 11.3 Å². The number of nitrogens with two attached hydrogens (primary N) is 1. The Morgan fingerprint density at radius 1 is 1.39 bits per heavy atom. The van der Waals surface area contributed by atoms with Crippen LogP contribution in [0.3, 0.4) is 0 Å². The molecule has 0 saturated heterocycles. The second-order valence-corrected chi connectivity index (χ2v) is 5.47. The van der Waals surface area contributed by atoms with E-state index in [0.717, 1.165) is 23.1 Å². The molecule has 0 atom stereocenters. The Labute approximate surface area is 109 Å². The first kappa shape index (κ1) is 11.7. The van der Waals surface area contributed by atoms with E-state index in [-0.39, 0.29) is 0 Å². The van der Waals surface area contributed by atoms with Crippen molar-refractivity contribution in [3.05, 3.63) is 10.4 Å². The molecule has 0 bridgehead atoms. The number of nitrogen functional groups attached to an aromatic ring is 1. The third-order valence-electron chi connectivity index (χ3n) is 3.18. The lowest BCUT2D eigenvalue weighted by Gasteiger charge is -2.05. The van der Waals surface area contributed by atoms with E-state index >= 15 is 0 Å². The van der Waals surface area contributed by atoms with Gasteiger partial charge >= 0.3 is 0 Å². The Morgan fingerprint density at radius 3 is 3.11 bits per heavy atom. The van der Waals surface area contributed by atoms with Gasteiger partial charge in [-0.25, -0.2) is 4.98 Å². The van der Waals surface area contributed by atoms with Gasteiger partial charge in [0.1, 0.15) is 10.6 Å². The predicted octanol–water partition coefficient (Wildman–Crippen LogP) is 1.82. The fourth-order valence-corrected chi connectivity index (χ4v) is 3.64. The molecule has 0 saturated carbocycles. The Kier molecular flexibility index (Phi) is 3.05. The largest absolute Gasteiger partial charge is 0.383 e.